The van der Waals surface area contributed by atoms with E-state index in [1.165, 1.54) is 6.07 Å². The molecule has 1 aromatic carbocycles. The fourth-order valence-electron chi connectivity index (χ4n) is 1.77. The van der Waals surface area contributed by atoms with Crippen molar-refractivity contribution >= 4 is 11.7 Å². The SMILES string of the molecule is CCc1c(C(=O)O)nnn1-c1ccc(F)c([N+](=O)[O-])c1. The monoisotopic (exact) mass is 280 g/mol. The van der Waals surface area contributed by atoms with Crippen molar-refractivity contribution in [2.45, 2.75) is 13.3 Å². The number of halogens is 1. The molecule has 2 rings (SSSR count). The molecule has 0 atom stereocenters. The van der Waals surface area contributed by atoms with E-state index in [1.54, 1.807) is 6.92 Å². The van der Waals surface area contributed by atoms with Gasteiger partial charge in [-0.3, -0.25) is 10.1 Å². The highest BCUT2D eigenvalue weighted by atomic mass is 19.1. The molecule has 0 bridgehead atoms. The molecule has 104 valence electrons. The topological polar surface area (TPSA) is 111 Å². The van der Waals surface area contributed by atoms with Crippen LogP contribution in [0.15, 0.2) is 18.2 Å². The Morgan fingerprint density at radius 1 is 1.55 bits per heavy atom. The van der Waals surface area contributed by atoms with Crippen LogP contribution in [0, 0.1) is 15.9 Å². The number of benzene rings is 1. The zero-order valence-electron chi connectivity index (χ0n) is 10.3. The van der Waals surface area contributed by atoms with Crippen LogP contribution in [0.4, 0.5) is 10.1 Å². The van der Waals surface area contributed by atoms with Gasteiger partial charge in [-0.05, 0) is 18.6 Å². The van der Waals surface area contributed by atoms with Gasteiger partial charge >= 0.3 is 11.7 Å². The van der Waals surface area contributed by atoms with E-state index in [0.29, 0.717) is 6.42 Å². The van der Waals surface area contributed by atoms with Gasteiger partial charge in [-0.25, -0.2) is 9.48 Å². The summed E-state index contributed by atoms with van der Waals surface area (Å²) < 4.78 is 14.4. The van der Waals surface area contributed by atoms with Gasteiger partial charge in [0.05, 0.1) is 16.3 Å². The summed E-state index contributed by atoms with van der Waals surface area (Å²) in [5, 5.41) is 26.8. The second-order valence-electron chi connectivity index (χ2n) is 3.85. The number of hydrogen-bond acceptors (Lipinski definition) is 5. The highest BCUT2D eigenvalue weighted by Crippen LogP contribution is 2.22. The maximum absolute atomic E-state index is 13.3. The molecule has 0 aliphatic carbocycles. The first-order valence-corrected chi connectivity index (χ1v) is 5.57. The molecule has 20 heavy (non-hydrogen) atoms. The summed E-state index contributed by atoms with van der Waals surface area (Å²) in [4.78, 5) is 20.8. The lowest BCUT2D eigenvalue weighted by molar-refractivity contribution is -0.387. The lowest BCUT2D eigenvalue weighted by atomic mass is 10.2. The Kier molecular flexibility index (Phi) is 3.42. The van der Waals surface area contributed by atoms with Crippen LogP contribution < -0.4 is 0 Å². The van der Waals surface area contributed by atoms with Gasteiger partial charge in [0.25, 0.3) is 0 Å². The van der Waals surface area contributed by atoms with Crippen LogP contribution in [-0.2, 0) is 6.42 Å². The quantitative estimate of drug-likeness (QED) is 0.672. The number of aromatic nitrogens is 3. The van der Waals surface area contributed by atoms with Crippen LogP contribution in [0.25, 0.3) is 5.69 Å². The molecule has 1 aromatic heterocycles. The number of nitro benzene ring substituents is 1. The average Bonchev–Trinajstić information content (AvgIpc) is 2.82. The summed E-state index contributed by atoms with van der Waals surface area (Å²) in [5.41, 5.74) is -0.496. The third-order valence-corrected chi connectivity index (χ3v) is 2.67. The van der Waals surface area contributed by atoms with E-state index in [2.05, 4.69) is 10.3 Å². The van der Waals surface area contributed by atoms with Crippen LogP contribution >= 0.6 is 0 Å². The third kappa shape index (κ3) is 2.20. The van der Waals surface area contributed by atoms with Crippen molar-refractivity contribution in [3.05, 3.63) is 45.5 Å². The molecule has 0 radical (unpaired) electrons. The van der Waals surface area contributed by atoms with Gasteiger partial charge in [-0.1, -0.05) is 12.1 Å². The molecule has 0 saturated carbocycles. The summed E-state index contributed by atoms with van der Waals surface area (Å²) in [7, 11) is 0. The van der Waals surface area contributed by atoms with E-state index < -0.39 is 22.4 Å². The zero-order chi connectivity index (χ0) is 14.9. The molecular formula is C11H9FN4O4. The Bertz CT molecular complexity index is 698. The molecule has 0 aliphatic rings. The molecule has 1 N–H and O–H groups in total. The minimum absolute atomic E-state index is 0.176. The average molecular weight is 280 g/mol. The molecule has 8 nitrogen and oxygen atoms in total. The van der Waals surface area contributed by atoms with Gasteiger partial charge in [0.2, 0.25) is 5.82 Å². The standard InChI is InChI=1S/C11H9FN4O4/c1-2-8-10(11(17)18)13-14-15(8)6-3-4-7(12)9(5-6)16(19)20/h3-5H,2H2,1H3,(H,17,18). The minimum Gasteiger partial charge on any atom is -0.476 e. The Morgan fingerprint density at radius 3 is 2.80 bits per heavy atom. The number of nitro groups is 1. The Morgan fingerprint density at radius 2 is 2.25 bits per heavy atom. The second-order valence-corrected chi connectivity index (χ2v) is 3.85. The van der Waals surface area contributed by atoms with E-state index >= 15 is 0 Å². The smallest absolute Gasteiger partial charge is 0.358 e. The zero-order valence-corrected chi connectivity index (χ0v) is 10.3. The lowest BCUT2D eigenvalue weighted by Gasteiger charge is -2.05. The molecule has 0 aliphatic heterocycles. The molecule has 0 saturated heterocycles. The third-order valence-electron chi connectivity index (χ3n) is 2.67. The van der Waals surface area contributed by atoms with Gasteiger partial charge in [0.15, 0.2) is 5.69 Å². The first kappa shape index (κ1) is 13.6. The Balaban J connectivity index is 2.60. The van der Waals surface area contributed by atoms with Gasteiger partial charge in [0.1, 0.15) is 0 Å². The van der Waals surface area contributed by atoms with Crippen molar-refractivity contribution in [2.75, 3.05) is 0 Å². The van der Waals surface area contributed by atoms with E-state index in [9.17, 15) is 19.3 Å². The first-order chi connectivity index (χ1) is 9.45. The molecule has 2 aromatic rings. The van der Waals surface area contributed by atoms with Gasteiger partial charge in [-0.15, -0.1) is 5.10 Å². The maximum atomic E-state index is 13.3. The number of hydrogen-bond donors (Lipinski definition) is 1. The summed E-state index contributed by atoms with van der Waals surface area (Å²) in [6.45, 7) is 1.69. The number of carboxylic acids is 1. The Labute approximate surface area is 111 Å². The van der Waals surface area contributed by atoms with Crippen LogP contribution in [-0.4, -0.2) is 31.0 Å². The van der Waals surface area contributed by atoms with Crippen LogP contribution in [0.3, 0.4) is 0 Å². The lowest BCUT2D eigenvalue weighted by Crippen LogP contribution is -2.06. The fraction of sp³-hybridized carbons (Fsp3) is 0.182. The number of aromatic carboxylic acids is 1. The van der Waals surface area contributed by atoms with Gasteiger partial charge in [-0.2, -0.15) is 4.39 Å². The maximum Gasteiger partial charge on any atom is 0.358 e. The van der Waals surface area contributed by atoms with Crippen molar-refractivity contribution in [3.8, 4) is 5.69 Å². The predicted molar refractivity (Wildman–Crippen MR) is 64.3 cm³/mol. The number of carboxylic acid groups (broad SMARTS) is 1. The minimum atomic E-state index is -1.25. The molecule has 0 amide bonds. The van der Waals surface area contributed by atoms with Crippen molar-refractivity contribution in [1.82, 2.24) is 15.0 Å². The molecule has 0 spiro atoms. The second kappa shape index (κ2) is 5.03. The highest BCUT2D eigenvalue weighted by molar-refractivity contribution is 5.86. The van der Waals surface area contributed by atoms with Crippen molar-refractivity contribution < 1.29 is 19.2 Å². The number of nitrogens with zero attached hydrogens (tertiary/aromatic N) is 4. The molecule has 9 heteroatoms. The number of carbonyl (C=O) groups is 1. The molecule has 1 heterocycles. The summed E-state index contributed by atoms with van der Waals surface area (Å²) in [6.07, 6.45) is 0.305. The van der Waals surface area contributed by atoms with E-state index in [4.69, 9.17) is 5.11 Å². The predicted octanol–water partition coefficient (Wildman–Crippen LogP) is 1.58. The fourth-order valence-corrected chi connectivity index (χ4v) is 1.77. The van der Waals surface area contributed by atoms with Crippen LogP contribution in [0.2, 0.25) is 0 Å². The van der Waals surface area contributed by atoms with Gasteiger partial charge < -0.3 is 5.11 Å². The van der Waals surface area contributed by atoms with Crippen LogP contribution in [0.5, 0.6) is 0 Å². The van der Waals surface area contributed by atoms with E-state index in [1.807, 2.05) is 0 Å². The highest BCUT2D eigenvalue weighted by Gasteiger charge is 2.21. The summed E-state index contributed by atoms with van der Waals surface area (Å²) in [5.74, 6) is -2.22. The summed E-state index contributed by atoms with van der Waals surface area (Å²) >= 11 is 0. The van der Waals surface area contributed by atoms with E-state index in [0.717, 1.165) is 16.8 Å². The Hall–Kier alpha value is -2.84. The normalized spacial score (nSPS) is 10.5. The number of rotatable bonds is 4. The summed E-state index contributed by atoms with van der Waals surface area (Å²) in [6, 6.07) is 3.17. The van der Waals surface area contributed by atoms with Crippen molar-refractivity contribution in [1.29, 1.82) is 0 Å². The van der Waals surface area contributed by atoms with Gasteiger partial charge in [0, 0.05) is 6.07 Å². The molecular weight excluding hydrogens is 271 g/mol. The molecule has 0 fully saturated rings. The molecule has 0 unspecified atom stereocenters. The largest absolute Gasteiger partial charge is 0.476 e. The van der Waals surface area contributed by atoms with Crippen LogP contribution in [0.1, 0.15) is 23.1 Å². The van der Waals surface area contributed by atoms with E-state index in [-0.39, 0.29) is 17.1 Å². The first-order valence-electron chi connectivity index (χ1n) is 5.57. The van der Waals surface area contributed by atoms with Crippen molar-refractivity contribution in [2.24, 2.45) is 0 Å². The van der Waals surface area contributed by atoms with Crippen molar-refractivity contribution in [3.63, 3.8) is 0 Å².